The molecular formula is C17H17N3O. The van der Waals surface area contributed by atoms with Gasteiger partial charge in [-0.3, -0.25) is 9.20 Å². The summed E-state index contributed by atoms with van der Waals surface area (Å²) in [5, 5.41) is 2.93. The monoisotopic (exact) mass is 279 g/mol. The first-order chi connectivity index (χ1) is 10.2. The molecule has 21 heavy (non-hydrogen) atoms. The van der Waals surface area contributed by atoms with Crippen LogP contribution in [0.25, 0.3) is 5.65 Å². The molecule has 2 heterocycles. The second-order valence-electron chi connectivity index (χ2n) is 4.98. The quantitative estimate of drug-likeness (QED) is 0.798. The van der Waals surface area contributed by atoms with Gasteiger partial charge in [0.15, 0.2) is 0 Å². The van der Waals surface area contributed by atoms with Crippen LogP contribution in [-0.4, -0.2) is 15.3 Å². The van der Waals surface area contributed by atoms with Gasteiger partial charge < -0.3 is 5.32 Å². The Morgan fingerprint density at radius 1 is 1.19 bits per heavy atom. The van der Waals surface area contributed by atoms with E-state index in [2.05, 4.69) is 17.2 Å². The van der Waals surface area contributed by atoms with Gasteiger partial charge in [-0.15, -0.1) is 0 Å². The number of imidazole rings is 1. The lowest BCUT2D eigenvalue weighted by Gasteiger charge is -2.06. The Morgan fingerprint density at radius 3 is 2.67 bits per heavy atom. The van der Waals surface area contributed by atoms with Crippen LogP contribution in [0.5, 0.6) is 0 Å². The number of pyridine rings is 1. The van der Waals surface area contributed by atoms with Crippen molar-refractivity contribution in [2.45, 2.75) is 20.3 Å². The zero-order chi connectivity index (χ0) is 14.8. The fraction of sp³-hybridized carbons (Fsp3) is 0.176. The summed E-state index contributed by atoms with van der Waals surface area (Å²) in [7, 11) is 0. The number of carbonyl (C=O) groups excluding carboxylic acids is 1. The third-order valence-electron chi connectivity index (χ3n) is 3.54. The second-order valence-corrected chi connectivity index (χ2v) is 4.98. The van der Waals surface area contributed by atoms with Gasteiger partial charge in [-0.2, -0.15) is 0 Å². The van der Waals surface area contributed by atoms with Crippen molar-refractivity contribution in [1.82, 2.24) is 9.38 Å². The van der Waals surface area contributed by atoms with Gasteiger partial charge >= 0.3 is 0 Å². The first-order valence-corrected chi connectivity index (χ1v) is 7.03. The van der Waals surface area contributed by atoms with Gasteiger partial charge in [-0.05, 0) is 43.2 Å². The fourth-order valence-electron chi connectivity index (χ4n) is 2.40. The number of anilines is 1. The molecule has 106 valence electrons. The van der Waals surface area contributed by atoms with Crippen LogP contribution in [0.15, 0.2) is 48.7 Å². The summed E-state index contributed by atoms with van der Waals surface area (Å²) in [6.07, 6.45) is 2.84. The van der Waals surface area contributed by atoms with E-state index in [0.717, 1.165) is 23.4 Å². The van der Waals surface area contributed by atoms with Crippen molar-refractivity contribution in [3.8, 4) is 0 Å². The molecule has 0 bridgehead atoms. The van der Waals surface area contributed by atoms with Crippen LogP contribution in [0.2, 0.25) is 0 Å². The van der Waals surface area contributed by atoms with Crippen molar-refractivity contribution >= 4 is 17.2 Å². The number of benzene rings is 1. The number of aromatic nitrogens is 2. The zero-order valence-corrected chi connectivity index (χ0v) is 12.1. The number of nitrogens with zero attached hydrogens (tertiary/aromatic N) is 2. The molecule has 0 spiro atoms. The van der Waals surface area contributed by atoms with E-state index >= 15 is 0 Å². The molecule has 3 aromatic rings. The molecule has 0 saturated heterocycles. The molecule has 0 atom stereocenters. The van der Waals surface area contributed by atoms with Gasteiger partial charge in [-0.1, -0.05) is 25.1 Å². The fourth-order valence-corrected chi connectivity index (χ4v) is 2.40. The predicted molar refractivity (Wildman–Crippen MR) is 83.7 cm³/mol. The van der Waals surface area contributed by atoms with E-state index in [4.69, 9.17) is 0 Å². The smallest absolute Gasteiger partial charge is 0.274 e. The first-order valence-electron chi connectivity index (χ1n) is 7.03. The van der Waals surface area contributed by atoms with Crippen LogP contribution in [0.3, 0.4) is 0 Å². The Morgan fingerprint density at radius 2 is 1.95 bits per heavy atom. The largest absolute Gasteiger partial charge is 0.321 e. The van der Waals surface area contributed by atoms with Crippen molar-refractivity contribution in [1.29, 1.82) is 0 Å². The van der Waals surface area contributed by atoms with Gasteiger partial charge in [0.2, 0.25) is 0 Å². The Kier molecular flexibility index (Phi) is 3.44. The SMILES string of the molecule is CCc1ccc(NC(=O)c2c(C)nc3ccccn23)cc1. The van der Waals surface area contributed by atoms with Crippen LogP contribution in [-0.2, 0) is 6.42 Å². The summed E-state index contributed by atoms with van der Waals surface area (Å²) in [4.78, 5) is 16.9. The van der Waals surface area contributed by atoms with Crippen molar-refractivity contribution in [2.24, 2.45) is 0 Å². The van der Waals surface area contributed by atoms with E-state index in [1.165, 1.54) is 5.56 Å². The summed E-state index contributed by atoms with van der Waals surface area (Å²) in [6, 6.07) is 13.6. The van der Waals surface area contributed by atoms with E-state index in [-0.39, 0.29) is 5.91 Å². The second kappa shape index (κ2) is 5.40. The van der Waals surface area contributed by atoms with Crippen molar-refractivity contribution < 1.29 is 4.79 Å². The molecule has 0 aliphatic carbocycles. The summed E-state index contributed by atoms with van der Waals surface area (Å²) >= 11 is 0. The highest BCUT2D eigenvalue weighted by atomic mass is 16.2. The van der Waals surface area contributed by atoms with Gasteiger partial charge in [0.1, 0.15) is 11.3 Å². The Labute approximate surface area is 123 Å². The minimum absolute atomic E-state index is 0.143. The minimum Gasteiger partial charge on any atom is -0.321 e. The maximum Gasteiger partial charge on any atom is 0.274 e. The van der Waals surface area contributed by atoms with E-state index < -0.39 is 0 Å². The molecule has 0 aliphatic heterocycles. The standard InChI is InChI=1S/C17H17N3O/c1-3-13-7-9-14(10-8-13)19-17(21)16-12(2)18-15-6-4-5-11-20(15)16/h4-11H,3H2,1-2H3,(H,19,21). The van der Waals surface area contributed by atoms with Gasteiger partial charge in [0.05, 0.1) is 5.69 Å². The molecule has 0 fully saturated rings. The summed E-state index contributed by atoms with van der Waals surface area (Å²) < 4.78 is 1.81. The Balaban J connectivity index is 1.91. The first kappa shape index (κ1) is 13.4. The van der Waals surface area contributed by atoms with Gasteiger partial charge in [0.25, 0.3) is 5.91 Å². The molecule has 4 heteroatoms. The lowest BCUT2D eigenvalue weighted by molar-refractivity contribution is 0.102. The topological polar surface area (TPSA) is 46.4 Å². The van der Waals surface area contributed by atoms with E-state index in [0.29, 0.717) is 5.69 Å². The predicted octanol–water partition coefficient (Wildman–Crippen LogP) is 3.46. The summed E-state index contributed by atoms with van der Waals surface area (Å²) in [5.74, 6) is -0.143. The molecule has 0 saturated carbocycles. The third-order valence-corrected chi connectivity index (χ3v) is 3.54. The van der Waals surface area contributed by atoms with Gasteiger partial charge in [-0.25, -0.2) is 4.98 Å². The van der Waals surface area contributed by atoms with Crippen LogP contribution < -0.4 is 5.32 Å². The highest BCUT2D eigenvalue weighted by Crippen LogP contribution is 2.15. The van der Waals surface area contributed by atoms with E-state index in [9.17, 15) is 4.79 Å². The molecule has 0 aliphatic rings. The number of fused-ring (bicyclic) bond motifs is 1. The normalized spacial score (nSPS) is 10.8. The molecule has 0 radical (unpaired) electrons. The van der Waals surface area contributed by atoms with E-state index in [1.54, 1.807) is 0 Å². The number of amides is 1. The van der Waals surface area contributed by atoms with Crippen LogP contribution in [0.1, 0.15) is 28.7 Å². The molecule has 2 aromatic heterocycles. The maximum absolute atomic E-state index is 12.5. The lowest BCUT2D eigenvalue weighted by atomic mass is 10.1. The summed E-state index contributed by atoms with van der Waals surface area (Å²) in [5.41, 5.74) is 4.12. The Bertz CT molecular complexity index is 787. The molecule has 1 aromatic carbocycles. The van der Waals surface area contributed by atoms with Crippen molar-refractivity contribution in [3.05, 3.63) is 65.6 Å². The number of hydrogen-bond acceptors (Lipinski definition) is 2. The molecule has 1 amide bonds. The molecular weight excluding hydrogens is 262 g/mol. The minimum atomic E-state index is -0.143. The molecule has 0 unspecified atom stereocenters. The maximum atomic E-state index is 12.5. The summed E-state index contributed by atoms with van der Waals surface area (Å²) in [6.45, 7) is 3.96. The Hall–Kier alpha value is -2.62. The number of carbonyl (C=O) groups is 1. The lowest BCUT2D eigenvalue weighted by Crippen LogP contribution is -2.15. The molecule has 1 N–H and O–H groups in total. The number of nitrogens with one attached hydrogen (secondary N) is 1. The highest BCUT2D eigenvalue weighted by Gasteiger charge is 2.16. The van der Waals surface area contributed by atoms with Crippen LogP contribution >= 0.6 is 0 Å². The number of hydrogen-bond donors (Lipinski definition) is 1. The van der Waals surface area contributed by atoms with Crippen molar-refractivity contribution in [2.75, 3.05) is 5.32 Å². The third kappa shape index (κ3) is 2.52. The average molecular weight is 279 g/mol. The number of rotatable bonds is 3. The molecule has 4 nitrogen and oxygen atoms in total. The number of aryl methyl sites for hydroxylation is 2. The average Bonchev–Trinajstić information content (AvgIpc) is 2.83. The molecule has 3 rings (SSSR count). The van der Waals surface area contributed by atoms with Gasteiger partial charge in [0, 0.05) is 11.9 Å². The van der Waals surface area contributed by atoms with Crippen LogP contribution in [0, 0.1) is 6.92 Å². The van der Waals surface area contributed by atoms with E-state index in [1.807, 2.05) is 60.0 Å². The van der Waals surface area contributed by atoms with Crippen LogP contribution in [0.4, 0.5) is 5.69 Å². The zero-order valence-electron chi connectivity index (χ0n) is 12.1. The van der Waals surface area contributed by atoms with Crippen molar-refractivity contribution in [3.63, 3.8) is 0 Å². The highest BCUT2D eigenvalue weighted by molar-refractivity contribution is 6.04.